The van der Waals surface area contributed by atoms with Crippen LogP contribution >= 0.6 is 11.3 Å². The number of rotatable bonds is 3. The molecule has 1 atom stereocenters. The van der Waals surface area contributed by atoms with Crippen LogP contribution in [0.5, 0.6) is 0 Å². The average molecular weight is 381 g/mol. The van der Waals surface area contributed by atoms with Crippen molar-refractivity contribution in [2.45, 2.75) is 25.7 Å². The second-order valence-electron chi connectivity index (χ2n) is 6.61. The predicted molar refractivity (Wildman–Crippen MR) is 103 cm³/mol. The third-order valence-electron chi connectivity index (χ3n) is 4.77. The highest BCUT2D eigenvalue weighted by Gasteiger charge is 2.28. The summed E-state index contributed by atoms with van der Waals surface area (Å²) in [5, 5.41) is 1.96. The molecule has 7 nitrogen and oxygen atoms in total. The Labute approximate surface area is 160 Å². The van der Waals surface area contributed by atoms with E-state index in [1.54, 1.807) is 29.4 Å². The Hall–Kier alpha value is -2.87. The number of nitrogens with zero attached hydrogens (tertiary/aromatic N) is 4. The van der Waals surface area contributed by atoms with Crippen LogP contribution < -0.4 is 5.56 Å². The molecule has 0 aromatic carbocycles. The van der Waals surface area contributed by atoms with E-state index in [1.807, 2.05) is 17.5 Å². The van der Waals surface area contributed by atoms with Crippen LogP contribution in [0.4, 0.5) is 0 Å². The van der Waals surface area contributed by atoms with Crippen LogP contribution in [0.15, 0.2) is 40.9 Å². The van der Waals surface area contributed by atoms with Crippen molar-refractivity contribution in [3.8, 4) is 10.6 Å². The molecule has 3 aromatic heterocycles. The van der Waals surface area contributed by atoms with Crippen LogP contribution in [0.25, 0.3) is 10.6 Å². The van der Waals surface area contributed by atoms with E-state index in [9.17, 15) is 9.59 Å². The van der Waals surface area contributed by atoms with E-state index in [-0.39, 0.29) is 17.4 Å². The van der Waals surface area contributed by atoms with Gasteiger partial charge in [-0.25, -0.2) is 15.0 Å². The number of nitrogens with one attached hydrogen (secondary N) is 1. The monoisotopic (exact) mass is 381 g/mol. The Bertz CT molecular complexity index is 1010. The smallest absolute Gasteiger partial charge is 0.257 e. The quantitative estimate of drug-likeness (QED) is 0.753. The minimum Gasteiger partial charge on any atom is -0.338 e. The molecule has 1 N–H and O–H groups in total. The van der Waals surface area contributed by atoms with Gasteiger partial charge < -0.3 is 9.88 Å². The largest absolute Gasteiger partial charge is 0.338 e. The average Bonchev–Trinajstić information content (AvgIpc) is 3.22. The number of aryl methyl sites for hydroxylation is 1. The third kappa shape index (κ3) is 3.66. The van der Waals surface area contributed by atoms with Crippen LogP contribution in [0.2, 0.25) is 0 Å². The number of thiophene rings is 1. The van der Waals surface area contributed by atoms with E-state index in [1.165, 1.54) is 12.4 Å². The lowest BCUT2D eigenvalue weighted by Gasteiger charge is -2.32. The molecule has 0 bridgehead atoms. The molecule has 8 heteroatoms. The van der Waals surface area contributed by atoms with Gasteiger partial charge in [-0.2, -0.15) is 0 Å². The van der Waals surface area contributed by atoms with Gasteiger partial charge in [0.2, 0.25) is 0 Å². The lowest BCUT2D eigenvalue weighted by atomic mass is 9.96. The SMILES string of the molecule is Cc1ncncc1C(=O)N1CCCC(c2nc(-c3cccs3)cc(=O)[nH]2)C1. The van der Waals surface area contributed by atoms with Gasteiger partial charge in [-0.1, -0.05) is 6.07 Å². The summed E-state index contributed by atoms with van der Waals surface area (Å²) in [6.07, 6.45) is 4.74. The highest BCUT2D eigenvalue weighted by molar-refractivity contribution is 7.13. The Morgan fingerprint density at radius 1 is 1.41 bits per heavy atom. The van der Waals surface area contributed by atoms with Crippen LogP contribution in [0, 0.1) is 6.92 Å². The van der Waals surface area contributed by atoms with Crippen LogP contribution in [0.1, 0.15) is 40.6 Å². The van der Waals surface area contributed by atoms with E-state index >= 15 is 0 Å². The van der Waals surface area contributed by atoms with E-state index < -0.39 is 0 Å². The van der Waals surface area contributed by atoms with E-state index in [4.69, 9.17) is 0 Å². The van der Waals surface area contributed by atoms with Crippen LogP contribution in [-0.2, 0) is 0 Å². The van der Waals surface area contributed by atoms with Crippen molar-refractivity contribution in [3.63, 3.8) is 0 Å². The number of aromatic nitrogens is 4. The van der Waals surface area contributed by atoms with E-state index in [0.717, 1.165) is 17.7 Å². The van der Waals surface area contributed by atoms with Gasteiger partial charge in [0, 0.05) is 31.3 Å². The molecule has 0 aliphatic carbocycles. The zero-order chi connectivity index (χ0) is 18.8. The molecule has 0 radical (unpaired) electrons. The zero-order valence-electron chi connectivity index (χ0n) is 14.9. The Morgan fingerprint density at radius 2 is 2.30 bits per heavy atom. The number of hydrogen-bond acceptors (Lipinski definition) is 6. The van der Waals surface area contributed by atoms with Crippen molar-refractivity contribution in [2.24, 2.45) is 0 Å². The lowest BCUT2D eigenvalue weighted by Crippen LogP contribution is -2.40. The molecular weight excluding hydrogens is 362 g/mol. The van der Waals surface area contributed by atoms with Gasteiger partial charge in [0.15, 0.2) is 0 Å². The molecule has 1 fully saturated rings. The minimum atomic E-state index is -0.167. The third-order valence-corrected chi connectivity index (χ3v) is 5.66. The maximum absolute atomic E-state index is 12.9. The Kier molecular flexibility index (Phi) is 4.81. The van der Waals surface area contributed by atoms with E-state index in [0.29, 0.717) is 35.9 Å². The van der Waals surface area contributed by atoms with Crippen molar-refractivity contribution in [1.82, 2.24) is 24.8 Å². The minimum absolute atomic E-state index is 0.000231. The first-order chi connectivity index (χ1) is 13.1. The lowest BCUT2D eigenvalue weighted by molar-refractivity contribution is 0.0702. The normalized spacial score (nSPS) is 17.1. The number of likely N-dealkylation sites (tertiary alicyclic amines) is 1. The molecular formula is C19H19N5O2S. The number of H-pyrrole nitrogens is 1. The molecule has 27 heavy (non-hydrogen) atoms. The molecule has 1 aliphatic heterocycles. The van der Waals surface area contributed by atoms with Gasteiger partial charge in [-0.3, -0.25) is 9.59 Å². The van der Waals surface area contributed by atoms with Gasteiger partial charge in [0.1, 0.15) is 12.2 Å². The molecule has 3 aromatic rings. The maximum atomic E-state index is 12.9. The topological polar surface area (TPSA) is 91.8 Å². The predicted octanol–water partition coefficient (Wildman–Crippen LogP) is 2.62. The summed E-state index contributed by atoms with van der Waals surface area (Å²) in [5.41, 5.74) is 1.70. The summed E-state index contributed by atoms with van der Waals surface area (Å²) < 4.78 is 0. The summed E-state index contributed by atoms with van der Waals surface area (Å²) >= 11 is 1.55. The van der Waals surface area contributed by atoms with Crippen molar-refractivity contribution in [2.75, 3.05) is 13.1 Å². The molecule has 1 aliphatic rings. The first kappa shape index (κ1) is 17.5. The number of aromatic amines is 1. The van der Waals surface area contributed by atoms with Gasteiger partial charge >= 0.3 is 0 Å². The number of piperidine rings is 1. The standard InChI is InChI=1S/C19H19N5O2S/c1-12-14(9-20-11-21-12)19(26)24-6-2-4-13(10-24)18-22-15(8-17(25)23-18)16-5-3-7-27-16/h3,5,7-9,11,13H,2,4,6,10H2,1H3,(H,22,23,25). The summed E-state index contributed by atoms with van der Waals surface area (Å²) in [5.74, 6) is 0.569. The van der Waals surface area contributed by atoms with Gasteiger partial charge in [0.25, 0.3) is 11.5 Å². The van der Waals surface area contributed by atoms with E-state index in [2.05, 4.69) is 19.9 Å². The molecule has 0 spiro atoms. The van der Waals surface area contributed by atoms with Gasteiger partial charge in [0.05, 0.1) is 21.8 Å². The highest BCUT2D eigenvalue weighted by atomic mass is 32.1. The number of carbonyl (C=O) groups is 1. The van der Waals surface area contributed by atoms with Crippen molar-refractivity contribution in [3.05, 3.63) is 63.5 Å². The summed E-state index contributed by atoms with van der Waals surface area (Å²) in [7, 11) is 0. The second kappa shape index (κ2) is 7.40. The van der Waals surface area contributed by atoms with Gasteiger partial charge in [-0.15, -0.1) is 11.3 Å². The highest BCUT2D eigenvalue weighted by Crippen LogP contribution is 2.28. The summed E-state index contributed by atoms with van der Waals surface area (Å²) in [4.78, 5) is 43.4. The first-order valence-corrected chi connectivity index (χ1v) is 9.71. The number of carbonyl (C=O) groups excluding carboxylic acids is 1. The Balaban J connectivity index is 1.59. The molecule has 4 heterocycles. The fourth-order valence-corrected chi connectivity index (χ4v) is 4.06. The summed E-state index contributed by atoms with van der Waals surface area (Å²) in [6, 6.07) is 5.41. The van der Waals surface area contributed by atoms with Crippen molar-refractivity contribution >= 4 is 17.2 Å². The molecule has 1 saturated heterocycles. The fraction of sp³-hybridized carbons (Fsp3) is 0.316. The van der Waals surface area contributed by atoms with Crippen LogP contribution in [-0.4, -0.2) is 43.8 Å². The summed E-state index contributed by atoms with van der Waals surface area (Å²) in [6.45, 7) is 3.00. The number of hydrogen-bond donors (Lipinski definition) is 1. The fourth-order valence-electron chi connectivity index (χ4n) is 3.38. The Morgan fingerprint density at radius 3 is 3.07 bits per heavy atom. The molecule has 1 unspecified atom stereocenters. The zero-order valence-corrected chi connectivity index (χ0v) is 15.7. The molecule has 138 valence electrons. The number of amides is 1. The van der Waals surface area contributed by atoms with Crippen molar-refractivity contribution < 1.29 is 4.79 Å². The van der Waals surface area contributed by atoms with Crippen molar-refractivity contribution in [1.29, 1.82) is 0 Å². The maximum Gasteiger partial charge on any atom is 0.257 e. The molecule has 4 rings (SSSR count). The molecule has 0 saturated carbocycles. The second-order valence-corrected chi connectivity index (χ2v) is 7.55. The van der Waals surface area contributed by atoms with Crippen LogP contribution in [0.3, 0.4) is 0 Å². The first-order valence-electron chi connectivity index (χ1n) is 8.83. The van der Waals surface area contributed by atoms with Gasteiger partial charge in [-0.05, 0) is 31.2 Å². The molecule has 1 amide bonds.